The summed E-state index contributed by atoms with van der Waals surface area (Å²) in [7, 11) is -4.14. The minimum Gasteiger partial charge on any atom is -0.476 e. The average molecular weight is 713 g/mol. The number of benzene rings is 1. The highest BCUT2D eigenvalue weighted by Gasteiger charge is 2.47. The van der Waals surface area contributed by atoms with Gasteiger partial charge in [-0.3, -0.25) is 14.7 Å². The van der Waals surface area contributed by atoms with Crippen molar-refractivity contribution in [2.45, 2.75) is 128 Å². The zero-order chi connectivity index (χ0) is 35.8. The first-order valence-electron chi connectivity index (χ1n) is 17.7. The molecule has 2 aliphatic heterocycles. The van der Waals surface area contributed by atoms with E-state index in [9.17, 15) is 10.1 Å². The minimum absolute atomic E-state index is 0.0505. The molecule has 0 unspecified atom stereocenters. The van der Waals surface area contributed by atoms with Crippen molar-refractivity contribution in [1.82, 2.24) is 19.5 Å². The second kappa shape index (κ2) is 14.4. The van der Waals surface area contributed by atoms with Crippen LogP contribution in [0.15, 0.2) is 30.6 Å². The first-order chi connectivity index (χ1) is 22.9. The number of nitro benzene ring substituents is 1. The van der Waals surface area contributed by atoms with Gasteiger partial charge in [-0.05, 0) is 61.1 Å². The van der Waals surface area contributed by atoms with Crippen LogP contribution in [0.1, 0.15) is 79.0 Å². The number of imidazole rings is 1. The molecule has 0 aliphatic carbocycles. The largest absolute Gasteiger partial charge is 0.476 e. The molecule has 2 fully saturated rings. The molecule has 2 aliphatic rings. The van der Waals surface area contributed by atoms with Crippen molar-refractivity contribution in [3.63, 3.8) is 0 Å². The molecule has 14 heteroatoms. The molecule has 49 heavy (non-hydrogen) atoms. The van der Waals surface area contributed by atoms with Gasteiger partial charge in [0.05, 0.1) is 30.6 Å². The summed E-state index contributed by atoms with van der Waals surface area (Å²) in [5, 5.41) is 11.2. The molecule has 2 aromatic heterocycles. The monoisotopic (exact) mass is 712 g/mol. The highest BCUT2D eigenvalue weighted by molar-refractivity contribution is 6.74. The predicted molar refractivity (Wildman–Crippen MR) is 197 cm³/mol. The van der Waals surface area contributed by atoms with Crippen molar-refractivity contribution in [3.05, 3.63) is 46.3 Å². The summed E-state index contributed by atoms with van der Waals surface area (Å²) >= 11 is 0. The van der Waals surface area contributed by atoms with Crippen LogP contribution in [-0.4, -0.2) is 79.6 Å². The van der Waals surface area contributed by atoms with Crippen LogP contribution in [0.2, 0.25) is 36.3 Å². The zero-order valence-corrected chi connectivity index (χ0v) is 33.1. The molecule has 3 atom stereocenters. The molecule has 0 bridgehead atoms. The number of non-ortho nitro benzene ring substituents is 1. The first-order valence-corrected chi connectivity index (χ1v) is 23.5. The van der Waals surface area contributed by atoms with Crippen LogP contribution in [-0.2, 0) is 20.0 Å². The molecule has 0 radical (unpaired) electrons. The standard InChI is InChI=1S/C35H56N6O6Si2/c1-34(2,3)48(7,8)45-23-28-27(47-49(9,10)35(4,5)6)22-29(46-28)40-24-36-30-31(40)37-33(39-19-12-11-13-20-39)38-32(30)44-21-18-25-14-16-26(17-15-25)41(42)43/h14-17,24,27-29H,11-13,18-23H2,1-10H3/t27-,28+,29+/m0/s1. The van der Waals surface area contributed by atoms with E-state index in [4.69, 9.17) is 33.3 Å². The average Bonchev–Trinajstić information content (AvgIpc) is 3.63. The Hall–Kier alpha value is -2.92. The number of fused-ring (bicyclic) bond motifs is 1. The van der Waals surface area contributed by atoms with E-state index < -0.39 is 21.6 Å². The van der Waals surface area contributed by atoms with Crippen LogP contribution in [0.25, 0.3) is 11.2 Å². The number of hydrogen-bond acceptors (Lipinski definition) is 10. The molecular formula is C35H56N6O6Si2. The van der Waals surface area contributed by atoms with E-state index in [2.05, 4.69) is 72.6 Å². The fourth-order valence-corrected chi connectivity index (χ4v) is 8.06. The van der Waals surface area contributed by atoms with E-state index in [0.717, 1.165) is 31.5 Å². The second-order valence-electron chi connectivity index (χ2n) is 16.6. The maximum Gasteiger partial charge on any atom is 0.269 e. The summed E-state index contributed by atoms with van der Waals surface area (Å²) in [4.78, 5) is 27.6. The molecule has 5 rings (SSSR count). The SMILES string of the molecule is CC(C)(C)[Si](C)(C)OC[C@H]1O[C@@H](n2cnc3c(OCCc4ccc([N+](=O)[O-])cc4)nc(N4CCCCC4)nc32)C[C@@H]1O[Si](C)(C)C(C)(C)C. The normalized spacial score (nSPS) is 21.0. The molecule has 4 heterocycles. The van der Waals surface area contributed by atoms with Crippen molar-refractivity contribution in [3.8, 4) is 5.88 Å². The van der Waals surface area contributed by atoms with Crippen LogP contribution in [0.3, 0.4) is 0 Å². The Morgan fingerprint density at radius 1 is 0.959 bits per heavy atom. The van der Waals surface area contributed by atoms with Gasteiger partial charge in [-0.15, -0.1) is 0 Å². The fraction of sp³-hybridized carbons (Fsp3) is 0.686. The number of ether oxygens (including phenoxy) is 2. The molecule has 1 aromatic carbocycles. The minimum atomic E-state index is -2.12. The first kappa shape index (κ1) is 37.3. The molecule has 0 saturated carbocycles. The highest BCUT2D eigenvalue weighted by atomic mass is 28.4. The fourth-order valence-electron chi connectivity index (χ4n) is 5.68. The molecular weight excluding hydrogens is 657 g/mol. The Kier molecular flexibility index (Phi) is 11.0. The van der Waals surface area contributed by atoms with Crippen molar-refractivity contribution in [1.29, 1.82) is 0 Å². The Balaban J connectivity index is 1.43. The maximum absolute atomic E-state index is 11.1. The summed E-state index contributed by atoms with van der Waals surface area (Å²) in [5.74, 6) is 1.06. The number of rotatable bonds is 12. The van der Waals surface area contributed by atoms with E-state index >= 15 is 0 Å². The van der Waals surface area contributed by atoms with Crippen LogP contribution in [0.4, 0.5) is 11.6 Å². The van der Waals surface area contributed by atoms with Gasteiger partial charge in [0.15, 0.2) is 27.8 Å². The number of anilines is 1. The number of nitro groups is 1. The van der Waals surface area contributed by atoms with Gasteiger partial charge in [-0.25, -0.2) is 4.98 Å². The summed E-state index contributed by atoms with van der Waals surface area (Å²) in [6, 6.07) is 6.55. The smallest absolute Gasteiger partial charge is 0.269 e. The third-order valence-electron chi connectivity index (χ3n) is 11.0. The van der Waals surface area contributed by atoms with E-state index in [-0.39, 0.29) is 34.2 Å². The van der Waals surface area contributed by atoms with Crippen molar-refractivity contribution in [2.24, 2.45) is 0 Å². The highest BCUT2D eigenvalue weighted by Crippen LogP contribution is 2.43. The number of nitrogens with zero attached hydrogens (tertiary/aromatic N) is 6. The third kappa shape index (κ3) is 8.52. The van der Waals surface area contributed by atoms with Gasteiger partial charge < -0.3 is 23.2 Å². The van der Waals surface area contributed by atoms with Crippen molar-refractivity contribution < 1.29 is 23.2 Å². The van der Waals surface area contributed by atoms with Gasteiger partial charge in [-0.2, -0.15) is 9.97 Å². The lowest BCUT2D eigenvalue weighted by atomic mass is 10.1. The zero-order valence-electron chi connectivity index (χ0n) is 31.1. The Morgan fingerprint density at radius 2 is 1.61 bits per heavy atom. The quantitative estimate of drug-likeness (QED) is 0.103. The van der Waals surface area contributed by atoms with Gasteiger partial charge in [0.1, 0.15) is 12.3 Å². The van der Waals surface area contributed by atoms with E-state index in [1.54, 1.807) is 18.5 Å². The summed E-state index contributed by atoms with van der Waals surface area (Å²) in [5.41, 5.74) is 2.26. The molecule has 0 amide bonds. The van der Waals surface area contributed by atoms with Gasteiger partial charge in [0, 0.05) is 38.1 Å². The lowest BCUT2D eigenvalue weighted by molar-refractivity contribution is -0.384. The van der Waals surface area contributed by atoms with Crippen LogP contribution in [0.5, 0.6) is 5.88 Å². The predicted octanol–water partition coefficient (Wildman–Crippen LogP) is 8.05. The third-order valence-corrected chi connectivity index (χ3v) is 20.0. The van der Waals surface area contributed by atoms with Gasteiger partial charge in [0.25, 0.3) is 5.69 Å². The summed E-state index contributed by atoms with van der Waals surface area (Å²) in [6.45, 7) is 25.3. The lowest BCUT2D eigenvalue weighted by Crippen LogP contribution is -2.48. The van der Waals surface area contributed by atoms with E-state index in [1.807, 2.05) is 4.57 Å². The molecule has 3 aromatic rings. The van der Waals surface area contributed by atoms with Gasteiger partial charge >= 0.3 is 0 Å². The molecule has 0 spiro atoms. The van der Waals surface area contributed by atoms with Crippen LogP contribution < -0.4 is 9.64 Å². The number of aromatic nitrogens is 4. The number of piperidine rings is 1. The number of hydrogen-bond donors (Lipinski definition) is 0. The van der Waals surface area contributed by atoms with Crippen molar-refractivity contribution >= 4 is 39.4 Å². The molecule has 12 nitrogen and oxygen atoms in total. The van der Waals surface area contributed by atoms with Crippen molar-refractivity contribution in [2.75, 3.05) is 31.2 Å². The second-order valence-corrected chi connectivity index (χ2v) is 26.1. The molecule has 2 saturated heterocycles. The van der Waals surface area contributed by atoms with E-state index in [0.29, 0.717) is 49.0 Å². The van der Waals surface area contributed by atoms with Gasteiger partial charge in [-0.1, -0.05) is 53.7 Å². The van der Waals surface area contributed by atoms with Crippen LogP contribution in [0, 0.1) is 10.1 Å². The lowest BCUT2D eigenvalue weighted by Gasteiger charge is -2.40. The Labute approximate surface area is 293 Å². The maximum atomic E-state index is 11.1. The molecule has 0 N–H and O–H groups in total. The van der Waals surface area contributed by atoms with Gasteiger partial charge in [0.2, 0.25) is 11.8 Å². The Bertz CT molecular complexity index is 1590. The summed E-state index contributed by atoms with van der Waals surface area (Å²) < 4.78 is 28.9. The van der Waals surface area contributed by atoms with E-state index in [1.165, 1.54) is 18.6 Å². The van der Waals surface area contributed by atoms with Crippen LogP contribution >= 0.6 is 0 Å². The topological polar surface area (TPSA) is 127 Å². The summed E-state index contributed by atoms with van der Waals surface area (Å²) in [6.07, 6.45) is 5.67. The molecule has 270 valence electrons. The Morgan fingerprint density at radius 3 is 2.22 bits per heavy atom.